The molecule has 2 aromatic rings. The van der Waals surface area contributed by atoms with Gasteiger partial charge >= 0.3 is 6.01 Å². The Hall–Kier alpha value is -3.02. The molecule has 2 saturated heterocycles. The molecule has 1 aromatic heterocycles. The third kappa shape index (κ3) is 5.34. The minimum absolute atomic E-state index is 0.126. The summed E-state index contributed by atoms with van der Waals surface area (Å²) in [6.45, 7) is 9.00. The number of nitrogens with zero attached hydrogens (tertiary/aromatic N) is 7. The molecule has 8 nitrogen and oxygen atoms in total. The van der Waals surface area contributed by atoms with Crippen LogP contribution in [0.25, 0.3) is 0 Å². The number of likely N-dealkylation sites (tertiary alicyclic amines) is 1. The summed E-state index contributed by atoms with van der Waals surface area (Å²) in [5, 5.41) is 10.3. The minimum Gasteiger partial charge on any atom is -0.461 e. The maximum Gasteiger partial charge on any atom is 0.318 e. The van der Waals surface area contributed by atoms with E-state index in [2.05, 4.69) is 44.0 Å². The van der Waals surface area contributed by atoms with Crippen LogP contribution < -0.4 is 14.5 Å². The summed E-state index contributed by atoms with van der Waals surface area (Å²) >= 11 is 6.59. The molecule has 1 aliphatic carbocycles. The number of aromatic nitrogens is 2. The van der Waals surface area contributed by atoms with Crippen molar-refractivity contribution in [2.24, 2.45) is 0 Å². The molecule has 4 aliphatic rings. The lowest BCUT2D eigenvalue weighted by atomic mass is 9.76. The van der Waals surface area contributed by atoms with Gasteiger partial charge in [-0.2, -0.15) is 15.2 Å². The fourth-order valence-electron chi connectivity index (χ4n) is 6.89. The van der Waals surface area contributed by atoms with Gasteiger partial charge in [0.2, 0.25) is 0 Å². The van der Waals surface area contributed by atoms with Gasteiger partial charge in [0.25, 0.3) is 0 Å². The summed E-state index contributed by atoms with van der Waals surface area (Å²) in [6.07, 6.45) is 11.7. The molecule has 9 heteroatoms. The van der Waals surface area contributed by atoms with Gasteiger partial charge in [-0.15, -0.1) is 0 Å². The van der Waals surface area contributed by atoms with Gasteiger partial charge in [-0.05, 0) is 76.9 Å². The van der Waals surface area contributed by atoms with Crippen LogP contribution in [0.5, 0.6) is 6.01 Å². The van der Waals surface area contributed by atoms with E-state index in [1.54, 1.807) is 0 Å². The normalized spacial score (nSPS) is 22.7. The predicted octanol–water partition coefficient (Wildman–Crippen LogP) is 5.03. The Bertz CT molecular complexity index is 1270. The van der Waals surface area contributed by atoms with Crippen LogP contribution in [0.15, 0.2) is 36.5 Å². The van der Waals surface area contributed by atoms with Crippen LogP contribution >= 0.6 is 11.6 Å². The molecule has 1 atom stereocenters. The molecule has 6 rings (SSSR count). The van der Waals surface area contributed by atoms with E-state index in [0.29, 0.717) is 25.6 Å². The first-order valence-corrected chi connectivity index (χ1v) is 15.3. The van der Waals surface area contributed by atoms with E-state index < -0.39 is 0 Å². The number of fused-ring (bicyclic) bond motifs is 1. The zero-order valence-corrected chi connectivity index (χ0v) is 24.3. The van der Waals surface area contributed by atoms with Crippen molar-refractivity contribution < 1.29 is 4.74 Å². The SMILES string of the molecule is CC=CN1CCN(c2nc(OCC3(N4CCCC4)CCC3)nc3c2CCN(c2ccccc2Cl)C3)C[C@@H]1CC#N. The van der Waals surface area contributed by atoms with E-state index in [0.717, 1.165) is 54.8 Å². The number of ether oxygens (including phenoxy) is 1. The number of nitriles is 1. The zero-order valence-electron chi connectivity index (χ0n) is 23.6. The highest BCUT2D eigenvalue weighted by Crippen LogP contribution is 2.40. The second-order valence-corrected chi connectivity index (χ2v) is 12.0. The van der Waals surface area contributed by atoms with Gasteiger partial charge in [-0.3, -0.25) is 4.90 Å². The number of hydrogen-bond donors (Lipinski definition) is 0. The topological polar surface area (TPSA) is 71.8 Å². The highest BCUT2D eigenvalue weighted by molar-refractivity contribution is 6.33. The Morgan fingerprint density at radius 1 is 1.07 bits per heavy atom. The van der Waals surface area contributed by atoms with Crippen LogP contribution in [0.1, 0.15) is 56.7 Å². The molecule has 0 N–H and O–H groups in total. The number of allylic oxidation sites excluding steroid dienone is 1. The van der Waals surface area contributed by atoms with Crippen LogP contribution in [0, 0.1) is 11.3 Å². The smallest absolute Gasteiger partial charge is 0.318 e. The van der Waals surface area contributed by atoms with E-state index in [9.17, 15) is 5.26 Å². The van der Waals surface area contributed by atoms with Gasteiger partial charge in [0.15, 0.2) is 0 Å². The van der Waals surface area contributed by atoms with Crippen molar-refractivity contribution in [3.8, 4) is 12.1 Å². The van der Waals surface area contributed by atoms with E-state index in [1.807, 2.05) is 25.1 Å². The molecular weight excluding hydrogens is 522 g/mol. The molecule has 4 heterocycles. The van der Waals surface area contributed by atoms with Gasteiger partial charge in [0.1, 0.15) is 12.4 Å². The van der Waals surface area contributed by atoms with Gasteiger partial charge in [-0.25, -0.2) is 0 Å². The molecule has 1 aromatic carbocycles. The molecule has 0 radical (unpaired) electrons. The largest absolute Gasteiger partial charge is 0.461 e. The van der Waals surface area contributed by atoms with Crippen LogP contribution in [-0.2, 0) is 13.0 Å². The Morgan fingerprint density at radius 2 is 1.90 bits per heavy atom. The maximum atomic E-state index is 9.54. The standard InChI is InChI=1S/C31H40ClN7O/c1-2-15-36-19-20-38(21-24(36)10-14-33)29-25-11-18-37(28-9-4-3-8-26(28)32)22-27(25)34-30(35-29)40-23-31(12-7-13-31)39-16-5-6-17-39/h2-4,8-9,15,24H,5-7,10-13,16-23H2,1H3/t24-/m0/s1. The fraction of sp³-hybridized carbons (Fsp3) is 0.581. The summed E-state index contributed by atoms with van der Waals surface area (Å²) < 4.78 is 6.51. The Kier molecular flexibility index (Phi) is 8.04. The third-order valence-electron chi connectivity index (χ3n) is 9.24. The van der Waals surface area contributed by atoms with E-state index in [-0.39, 0.29) is 11.6 Å². The van der Waals surface area contributed by atoms with Crippen molar-refractivity contribution >= 4 is 23.1 Å². The second-order valence-electron chi connectivity index (χ2n) is 11.6. The molecule has 40 heavy (non-hydrogen) atoms. The molecule has 0 unspecified atom stereocenters. The number of halogens is 1. The van der Waals surface area contributed by atoms with Gasteiger partial charge in [-0.1, -0.05) is 29.8 Å². The Morgan fingerprint density at radius 3 is 2.62 bits per heavy atom. The average Bonchev–Trinajstić information content (AvgIpc) is 3.48. The van der Waals surface area contributed by atoms with Crippen LogP contribution in [-0.4, -0.2) is 77.2 Å². The molecule has 212 valence electrons. The summed E-state index contributed by atoms with van der Waals surface area (Å²) in [4.78, 5) is 19.7. The molecule has 3 fully saturated rings. The Labute approximate surface area is 243 Å². The number of piperazine rings is 1. The first-order chi connectivity index (χ1) is 19.6. The Balaban J connectivity index is 1.30. The van der Waals surface area contributed by atoms with E-state index in [4.69, 9.17) is 26.3 Å². The number of hydrogen-bond acceptors (Lipinski definition) is 8. The van der Waals surface area contributed by atoms with Gasteiger partial charge < -0.3 is 19.4 Å². The monoisotopic (exact) mass is 561 g/mol. The average molecular weight is 562 g/mol. The van der Waals surface area contributed by atoms with E-state index in [1.165, 1.54) is 50.8 Å². The van der Waals surface area contributed by atoms with Crippen molar-refractivity contribution in [1.82, 2.24) is 19.8 Å². The summed E-state index contributed by atoms with van der Waals surface area (Å²) in [6, 6.07) is 11.0. The first-order valence-electron chi connectivity index (χ1n) is 14.9. The highest BCUT2D eigenvalue weighted by atomic mass is 35.5. The molecule has 1 saturated carbocycles. The number of para-hydroxylation sites is 1. The zero-order chi connectivity index (χ0) is 27.5. The van der Waals surface area contributed by atoms with Crippen LogP contribution in [0.2, 0.25) is 5.02 Å². The lowest BCUT2D eigenvalue weighted by Crippen LogP contribution is -2.56. The van der Waals surface area contributed by atoms with Gasteiger partial charge in [0.05, 0.1) is 47.0 Å². The lowest BCUT2D eigenvalue weighted by Gasteiger charge is -2.48. The second kappa shape index (κ2) is 11.8. The number of benzene rings is 1. The molecule has 0 amide bonds. The predicted molar refractivity (Wildman–Crippen MR) is 159 cm³/mol. The summed E-state index contributed by atoms with van der Waals surface area (Å²) in [5.41, 5.74) is 3.38. The highest BCUT2D eigenvalue weighted by Gasteiger charge is 2.44. The van der Waals surface area contributed by atoms with Crippen LogP contribution in [0.4, 0.5) is 11.5 Å². The number of anilines is 2. The molecule has 3 aliphatic heterocycles. The van der Waals surface area contributed by atoms with Crippen molar-refractivity contribution in [3.63, 3.8) is 0 Å². The van der Waals surface area contributed by atoms with E-state index >= 15 is 0 Å². The summed E-state index contributed by atoms with van der Waals surface area (Å²) in [5.74, 6) is 0.978. The van der Waals surface area contributed by atoms with Gasteiger partial charge in [0, 0.05) is 31.7 Å². The first kappa shape index (κ1) is 27.2. The van der Waals surface area contributed by atoms with Crippen LogP contribution in [0.3, 0.4) is 0 Å². The lowest BCUT2D eigenvalue weighted by molar-refractivity contribution is -0.00844. The molecule has 0 spiro atoms. The fourth-order valence-corrected chi connectivity index (χ4v) is 7.15. The minimum atomic E-state index is 0.126. The summed E-state index contributed by atoms with van der Waals surface area (Å²) in [7, 11) is 0. The van der Waals surface area contributed by atoms with Crippen molar-refractivity contribution in [1.29, 1.82) is 5.26 Å². The third-order valence-corrected chi connectivity index (χ3v) is 9.56. The molecular formula is C31H40ClN7O. The number of rotatable bonds is 8. The van der Waals surface area contributed by atoms with Crippen molar-refractivity contribution in [2.45, 2.75) is 70.0 Å². The quantitative estimate of drug-likeness (QED) is 0.444. The van der Waals surface area contributed by atoms with Crippen molar-refractivity contribution in [2.75, 3.05) is 55.7 Å². The molecule has 0 bridgehead atoms. The maximum absolute atomic E-state index is 9.54. The van der Waals surface area contributed by atoms with Crippen molar-refractivity contribution in [3.05, 3.63) is 52.8 Å².